The minimum atomic E-state index is 0.0432. The van der Waals surface area contributed by atoms with E-state index in [1.807, 2.05) is 26.0 Å². The topological polar surface area (TPSA) is 41.1 Å². The zero-order chi connectivity index (χ0) is 13.5. The van der Waals surface area contributed by atoms with E-state index < -0.39 is 0 Å². The summed E-state index contributed by atoms with van der Waals surface area (Å²) in [6.45, 7) is 7.28. The number of benzene rings is 1. The average molecular weight is 313 g/mol. The van der Waals surface area contributed by atoms with Crippen molar-refractivity contribution < 1.29 is 4.79 Å². The monoisotopic (exact) mass is 312 g/mol. The van der Waals surface area contributed by atoms with Gasteiger partial charge in [0.25, 0.3) is 0 Å². The van der Waals surface area contributed by atoms with Crippen molar-refractivity contribution in [3.63, 3.8) is 0 Å². The van der Waals surface area contributed by atoms with Crippen molar-refractivity contribution in [2.24, 2.45) is 0 Å². The van der Waals surface area contributed by atoms with E-state index in [-0.39, 0.29) is 5.91 Å². The van der Waals surface area contributed by atoms with Gasteiger partial charge in [-0.05, 0) is 43.5 Å². The van der Waals surface area contributed by atoms with E-state index in [2.05, 4.69) is 33.5 Å². The number of nitrogens with one attached hydrogen (secondary N) is 2. The average Bonchev–Trinajstić information content (AvgIpc) is 2.33. The summed E-state index contributed by atoms with van der Waals surface area (Å²) in [7, 11) is 0. The van der Waals surface area contributed by atoms with Crippen molar-refractivity contribution >= 4 is 27.5 Å². The molecule has 1 aromatic carbocycles. The van der Waals surface area contributed by atoms with Crippen molar-refractivity contribution in [2.75, 3.05) is 18.4 Å². The van der Waals surface area contributed by atoms with Gasteiger partial charge in [0.2, 0.25) is 5.91 Å². The number of unbranched alkanes of at least 4 members (excludes halogenated alkanes) is 1. The van der Waals surface area contributed by atoms with E-state index in [1.54, 1.807) is 0 Å². The molecule has 0 atom stereocenters. The van der Waals surface area contributed by atoms with E-state index in [9.17, 15) is 4.79 Å². The van der Waals surface area contributed by atoms with E-state index in [0.717, 1.165) is 29.5 Å². The minimum absolute atomic E-state index is 0.0432. The van der Waals surface area contributed by atoms with Gasteiger partial charge in [-0.25, -0.2) is 0 Å². The lowest BCUT2D eigenvalue weighted by Crippen LogP contribution is -2.30. The molecule has 0 aliphatic rings. The molecule has 2 N–H and O–H groups in total. The highest BCUT2D eigenvalue weighted by Crippen LogP contribution is 2.24. The van der Waals surface area contributed by atoms with Crippen LogP contribution in [0.1, 0.15) is 30.9 Å². The highest BCUT2D eigenvalue weighted by Gasteiger charge is 2.04. The Bertz CT molecular complexity index is 395. The fraction of sp³-hybridized carbons (Fsp3) is 0.500. The Morgan fingerprint density at radius 1 is 1.28 bits per heavy atom. The molecule has 1 aromatic rings. The summed E-state index contributed by atoms with van der Waals surface area (Å²) in [4.78, 5) is 11.5. The van der Waals surface area contributed by atoms with Crippen molar-refractivity contribution in [2.45, 2.75) is 33.6 Å². The zero-order valence-corrected chi connectivity index (χ0v) is 12.9. The molecule has 0 fully saturated rings. The molecule has 0 bridgehead atoms. The number of aryl methyl sites for hydroxylation is 2. The Hall–Kier alpha value is -1.03. The standard InChI is InChI=1S/C14H21BrN2O/c1-4-5-6-16-13(18)9-17-12-7-10(2)14(15)11(3)8-12/h7-8,17H,4-6,9H2,1-3H3,(H,16,18). The third kappa shape index (κ3) is 4.69. The third-order valence-corrected chi connectivity index (χ3v) is 3.99. The number of carbonyl (C=O) groups is 1. The van der Waals surface area contributed by atoms with Gasteiger partial charge in [0.15, 0.2) is 0 Å². The van der Waals surface area contributed by atoms with Crippen molar-refractivity contribution in [1.82, 2.24) is 5.32 Å². The van der Waals surface area contributed by atoms with E-state index in [1.165, 1.54) is 11.1 Å². The van der Waals surface area contributed by atoms with Crippen LogP contribution in [-0.4, -0.2) is 19.0 Å². The molecule has 3 nitrogen and oxygen atoms in total. The first-order chi connectivity index (χ1) is 8.54. The maximum Gasteiger partial charge on any atom is 0.239 e. The second-order valence-electron chi connectivity index (χ2n) is 4.48. The summed E-state index contributed by atoms with van der Waals surface area (Å²) in [6, 6.07) is 4.08. The molecule has 0 aliphatic carbocycles. The molecule has 0 heterocycles. The molecular weight excluding hydrogens is 292 g/mol. The van der Waals surface area contributed by atoms with Gasteiger partial charge in [0, 0.05) is 16.7 Å². The summed E-state index contributed by atoms with van der Waals surface area (Å²) < 4.78 is 1.13. The molecule has 0 saturated carbocycles. The maximum absolute atomic E-state index is 11.5. The Labute approximate surface area is 117 Å². The van der Waals surface area contributed by atoms with Crippen LogP contribution in [0.3, 0.4) is 0 Å². The SMILES string of the molecule is CCCCNC(=O)CNc1cc(C)c(Br)c(C)c1. The summed E-state index contributed by atoms with van der Waals surface area (Å²) in [6.07, 6.45) is 2.13. The maximum atomic E-state index is 11.5. The van der Waals surface area contributed by atoms with Crippen LogP contribution in [0, 0.1) is 13.8 Å². The Morgan fingerprint density at radius 2 is 1.89 bits per heavy atom. The quantitative estimate of drug-likeness (QED) is 0.790. The fourth-order valence-corrected chi connectivity index (χ4v) is 1.93. The van der Waals surface area contributed by atoms with E-state index in [4.69, 9.17) is 0 Å². The molecule has 100 valence electrons. The summed E-state index contributed by atoms with van der Waals surface area (Å²) in [5.74, 6) is 0.0432. The number of hydrogen-bond acceptors (Lipinski definition) is 2. The molecule has 0 aromatic heterocycles. The number of rotatable bonds is 6. The molecule has 1 rings (SSSR count). The van der Waals surface area contributed by atoms with Gasteiger partial charge in [0.05, 0.1) is 6.54 Å². The molecular formula is C14H21BrN2O. The smallest absolute Gasteiger partial charge is 0.239 e. The van der Waals surface area contributed by atoms with Crippen molar-refractivity contribution in [3.05, 3.63) is 27.7 Å². The highest BCUT2D eigenvalue weighted by atomic mass is 79.9. The van der Waals surface area contributed by atoms with Gasteiger partial charge < -0.3 is 10.6 Å². The second kappa shape index (κ2) is 7.41. The second-order valence-corrected chi connectivity index (χ2v) is 5.27. The van der Waals surface area contributed by atoms with Crippen molar-refractivity contribution in [1.29, 1.82) is 0 Å². The van der Waals surface area contributed by atoms with E-state index in [0.29, 0.717) is 6.54 Å². The number of hydrogen-bond donors (Lipinski definition) is 2. The Balaban J connectivity index is 2.46. The third-order valence-electron chi connectivity index (χ3n) is 2.74. The summed E-state index contributed by atoms with van der Waals surface area (Å²) in [5.41, 5.74) is 3.33. The number of carbonyl (C=O) groups excluding carboxylic acids is 1. The normalized spacial score (nSPS) is 10.2. The predicted molar refractivity (Wildman–Crippen MR) is 80.0 cm³/mol. The summed E-state index contributed by atoms with van der Waals surface area (Å²) >= 11 is 3.53. The van der Waals surface area contributed by atoms with Gasteiger partial charge in [-0.2, -0.15) is 0 Å². The number of anilines is 1. The predicted octanol–water partition coefficient (Wildman–Crippen LogP) is 3.39. The minimum Gasteiger partial charge on any atom is -0.376 e. The fourth-order valence-electron chi connectivity index (χ4n) is 1.70. The van der Waals surface area contributed by atoms with Crippen LogP contribution in [-0.2, 0) is 4.79 Å². The summed E-state index contributed by atoms with van der Waals surface area (Å²) in [5, 5.41) is 6.03. The molecule has 18 heavy (non-hydrogen) atoms. The first kappa shape index (κ1) is 15.0. The van der Waals surface area contributed by atoms with Crippen LogP contribution in [0.5, 0.6) is 0 Å². The lowest BCUT2D eigenvalue weighted by molar-refractivity contribution is -0.119. The number of amides is 1. The molecule has 1 amide bonds. The van der Waals surface area contributed by atoms with Crippen LogP contribution in [0.4, 0.5) is 5.69 Å². The first-order valence-corrected chi connectivity index (χ1v) is 7.11. The van der Waals surface area contributed by atoms with Crippen LogP contribution in [0.25, 0.3) is 0 Å². The van der Waals surface area contributed by atoms with Crippen LogP contribution in [0.2, 0.25) is 0 Å². The molecule has 4 heteroatoms. The van der Waals surface area contributed by atoms with Gasteiger partial charge in [-0.15, -0.1) is 0 Å². The molecule has 0 saturated heterocycles. The van der Waals surface area contributed by atoms with Crippen LogP contribution < -0.4 is 10.6 Å². The molecule has 0 aliphatic heterocycles. The lowest BCUT2D eigenvalue weighted by atomic mass is 10.1. The van der Waals surface area contributed by atoms with Crippen LogP contribution >= 0.6 is 15.9 Å². The lowest BCUT2D eigenvalue weighted by Gasteiger charge is -2.10. The van der Waals surface area contributed by atoms with E-state index >= 15 is 0 Å². The Kier molecular flexibility index (Phi) is 6.19. The van der Waals surface area contributed by atoms with Gasteiger partial charge in [0.1, 0.15) is 0 Å². The van der Waals surface area contributed by atoms with Gasteiger partial charge in [-0.3, -0.25) is 4.79 Å². The Morgan fingerprint density at radius 3 is 2.44 bits per heavy atom. The highest BCUT2D eigenvalue weighted by molar-refractivity contribution is 9.10. The van der Waals surface area contributed by atoms with Crippen molar-refractivity contribution in [3.8, 4) is 0 Å². The number of halogens is 1. The molecule has 0 spiro atoms. The first-order valence-electron chi connectivity index (χ1n) is 6.32. The molecule has 0 unspecified atom stereocenters. The van der Waals surface area contributed by atoms with Gasteiger partial charge in [-0.1, -0.05) is 29.3 Å². The van der Waals surface area contributed by atoms with Crippen LogP contribution in [0.15, 0.2) is 16.6 Å². The van der Waals surface area contributed by atoms with Gasteiger partial charge >= 0.3 is 0 Å². The largest absolute Gasteiger partial charge is 0.376 e. The zero-order valence-electron chi connectivity index (χ0n) is 11.3. The molecule has 0 radical (unpaired) electrons.